The molecule has 4 rings (SSSR count). The predicted octanol–water partition coefficient (Wildman–Crippen LogP) is 5.21. The van der Waals surface area contributed by atoms with Crippen molar-refractivity contribution in [1.82, 2.24) is 9.80 Å². The van der Waals surface area contributed by atoms with Crippen LogP contribution in [0.2, 0.25) is 0 Å². The van der Waals surface area contributed by atoms with Gasteiger partial charge in [0.15, 0.2) is 0 Å². The monoisotopic (exact) mass is 398 g/mol. The Labute approximate surface area is 178 Å². The third kappa shape index (κ3) is 5.62. The Morgan fingerprint density at radius 1 is 1.00 bits per heavy atom. The maximum absolute atomic E-state index is 6.10. The van der Waals surface area contributed by atoms with Gasteiger partial charge in [-0.25, -0.2) is 0 Å². The Morgan fingerprint density at radius 2 is 1.76 bits per heavy atom. The van der Waals surface area contributed by atoms with Gasteiger partial charge in [-0.3, -0.25) is 4.90 Å². The minimum atomic E-state index is 0.478. The molecule has 1 aromatic carbocycles. The highest BCUT2D eigenvalue weighted by atomic mass is 16.5. The number of rotatable bonds is 8. The van der Waals surface area contributed by atoms with Gasteiger partial charge in [0.2, 0.25) is 0 Å². The minimum absolute atomic E-state index is 0.478. The Hall–Kier alpha value is -0.900. The smallest absolute Gasteiger partial charge is 0.0512 e. The number of ether oxygens (including phenoxy) is 1. The molecule has 1 saturated carbocycles. The molecule has 1 aromatic rings. The number of hydrogen-bond acceptors (Lipinski definition) is 3. The molecule has 1 unspecified atom stereocenters. The van der Waals surface area contributed by atoms with Crippen molar-refractivity contribution in [3.63, 3.8) is 0 Å². The molecular formula is C26H42N2O. The molecule has 2 saturated heterocycles. The van der Waals surface area contributed by atoms with E-state index in [0.717, 1.165) is 32.1 Å². The topological polar surface area (TPSA) is 15.7 Å². The van der Waals surface area contributed by atoms with E-state index < -0.39 is 0 Å². The highest BCUT2D eigenvalue weighted by molar-refractivity contribution is 5.15. The number of nitrogens with zero attached hydrogens (tertiary/aromatic N) is 2. The van der Waals surface area contributed by atoms with Crippen molar-refractivity contribution in [2.75, 3.05) is 45.9 Å². The van der Waals surface area contributed by atoms with Crippen LogP contribution in [-0.4, -0.2) is 55.7 Å². The third-order valence-corrected chi connectivity index (χ3v) is 7.89. The van der Waals surface area contributed by atoms with E-state index in [9.17, 15) is 0 Å². The van der Waals surface area contributed by atoms with Crippen LogP contribution in [0.1, 0.15) is 63.9 Å². The summed E-state index contributed by atoms with van der Waals surface area (Å²) in [5, 5.41) is 0. The number of likely N-dealkylation sites (tertiary alicyclic amines) is 2. The summed E-state index contributed by atoms with van der Waals surface area (Å²) in [6, 6.07) is 11.0. The van der Waals surface area contributed by atoms with Gasteiger partial charge in [0, 0.05) is 38.7 Å². The summed E-state index contributed by atoms with van der Waals surface area (Å²) in [7, 11) is 0. The highest BCUT2D eigenvalue weighted by Gasteiger charge is 2.47. The largest absolute Gasteiger partial charge is 0.381 e. The first-order chi connectivity index (χ1) is 14.3. The fourth-order valence-corrected chi connectivity index (χ4v) is 6.19. The molecule has 29 heavy (non-hydrogen) atoms. The normalized spacial score (nSPS) is 26.3. The van der Waals surface area contributed by atoms with Crippen molar-refractivity contribution >= 4 is 0 Å². The minimum Gasteiger partial charge on any atom is -0.381 e. The Kier molecular flexibility index (Phi) is 7.66. The first kappa shape index (κ1) is 21.3. The van der Waals surface area contributed by atoms with E-state index >= 15 is 0 Å². The van der Waals surface area contributed by atoms with Crippen LogP contribution >= 0.6 is 0 Å². The zero-order chi connectivity index (χ0) is 19.9. The van der Waals surface area contributed by atoms with Gasteiger partial charge in [-0.15, -0.1) is 0 Å². The van der Waals surface area contributed by atoms with Crippen LogP contribution in [0.15, 0.2) is 30.3 Å². The van der Waals surface area contributed by atoms with E-state index in [1.165, 1.54) is 83.2 Å². The van der Waals surface area contributed by atoms with Gasteiger partial charge >= 0.3 is 0 Å². The third-order valence-electron chi connectivity index (χ3n) is 7.89. The van der Waals surface area contributed by atoms with Gasteiger partial charge in [-0.2, -0.15) is 0 Å². The van der Waals surface area contributed by atoms with Crippen LogP contribution in [0.3, 0.4) is 0 Å². The molecule has 2 aliphatic heterocycles. The lowest BCUT2D eigenvalue weighted by atomic mass is 9.71. The first-order valence-electron chi connectivity index (χ1n) is 12.3. The van der Waals surface area contributed by atoms with Crippen LogP contribution < -0.4 is 0 Å². The molecule has 162 valence electrons. The number of benzene rings is 1. The second-order valence-electron chi connectivity index (χ2n) is 10.1. The number of piperidine rings is 1. The molecule has 1 atom stereocenters. The highest BCUT2D eigenvalue weighted by Crippen LogP contribution is 2.45. The summed E-state index contributed by atoms with van der Waals surface area (Å²) < 4.78 is 6.10. The van der Waals surface area contributed by atoms with E-state index in [4.69, 9.17) is 4.74 Å². The van der Waals surface area contributed by atoms with Crippen molar-refractivity contribution in [3.8, 4) is 0 Å². The van der Waals surface area contributed by atoms with Gasteiger partial charge in [-0.05, 0) is 62.1 Å². The standard InChI is InChI=1S/C26H42N2O/c1-2-17-29-21-25-20-28(19-24-11-7-4-8-12-24)22-26(25)13-15-27(16-14-26)18-23-9-5-3-6-10-23/h4,7-8,11-12,23,25H,2-3,5-6,9-10,13-22H2,1H3. The van der Waals surface area contributed by atoms with Crippen LogP contribution in [0.5, 0.6) is 0 Å². The molecule has 0 radical (unpaired) electrons. The van der Waals surface area contributed by atoms with E-state index in [0.29, 0.717) is 11.3 Å². The summed E-state index contributed by atoms with van der Waals surface area (Å²) in [6.07, 6.45) is 11.2. The lowest BCUT2D eigenvalue weighted by Gasteiger charge is -2.44. The second kappa shape index (κ2) is 10.4. The molecular weight excluding hydrogens is 356 g/mol. The summed E-state index contributed by atoms with van der Waals surface area (Å²) in [6.45, 7) is 11.6. The summed E-state index contributed by atoms with van der Waals surface area (Å²) >= 11 is 0. The van der Waals surface area contributed by atoms with Gasteiger partial charge in [-0.1, -0.05) is 56.5 Å². The SMILES string of the molecule is CCCOCC1CN(Cc2ccccc2)CC12CCN(CC1CCCCC1)CC2. The molecule has 2 heterocycles. The molecule has 3 nitrogen and oxygen atoms in total. The van der Waals surface area contributed by atoms with Crippen molar-refractivity contribution in [1.29, 1.82) is 0 Å². The molecule has 0 bridgehead atoms. The van der Waals surface area contributed by atoms with Crippen LogP contribution in [-0.2, 0) is 11.3 Å². The molecule has 3 aliphatic rings. The number of hydrogen-bond donors (Lipinski definition) is 0. The summed E-state index contributed by atoms with van der Waals surface area (Å²) in [5.74, 6) is 1.68. The molecule has 3 heteroatoms. The van der Waals surface area contributed by atoms with Crippen molar-refractivity contribution in [3.05, 3.63) is 35.9 Å². The van der Waals surface area contributed by atoms with E-state index in [1.54, 1.807) is 0 Å². The molecule has 1 aliphatic carbocycles. The maximum Gasteiger partial charge on any atom is 0.0512 e. The first-order valence-corrected chi connectivity index (χ1v) is 12.3. The van der Waals surface area contributed by atoms with Gasteiger partial charge in [0.1, 0.15) is 0 Å². The maximum atomic E-state index is 6.10. The molecule has 1 spiro atoms. The summed E-state index contributed by atoms with van der Waals surface area (Å²) in [4.78, 5) is 5.51. The summed E-state index contributed by atoms with van der Waals surface area (Å²) in [5.41, 5.74) is 1.93. The average Bonchev–Trinajstić information content (AvgIpc) is 3.08. The van der Waals surface area contributed by atoms with Gasteiger partial charge in [0.05, 0.1) is 6.61 Å². The quantitative estimate of drug-likeness (QED) is 0.559. The second-order valence-corrected chi connectivity index (χ2v) is 10.1. The average molecular weight is 399 g/mol. The van der Waals surface area contributed by atoms with E-state index in [-0.39, 0.29) is 0 Å². The van der Waals surface area contributed by atoms with Crippen molar-refractivity contribution in [2.24, 2.45) is 17.3 Å². The zero-order valence-electron chi connectivity index (χ0n) is 18.7. The van der Waals surface area contributed by atoms with Gasteiger partial charge in [0.25, 0.3) is 0 Å². The zero-order valence-corrected chi connectivity index (χ0v) is 18.7. The Balaban J connectivity index is 1.35. The lowest BCUT2D eigenvalue weighted by molar-refractivity contribution is 0.0168. The fourth-order valence-electron chi connectivity index (χ4n) is 6.19. The lowest BCUT2D eigenvalue weighted by Crippen LogP contribution is -2.46. The van der Waals surface area contributed by atoms with Crippen molar-refractivity contribution in [2.45, 2.75) is 64.8 Å². The van der Waals surface area contributed by atoms with Crippen LogP contribution in [0, 0.1) is 17.3 Å². The van der Waals surface area contributed by atoms with Gasteiger partial charge < -0.3 is 9.64 Å². The molecule has 0 N–H and O–H groups in total. The Morgan fingerprint density at radius 3 is 2.48 bits per heavy atom. The van der Waals surface area contributed by atoms with E-state index in [1.807, 2.05) is 0 Å². The molecule has 3 fully saturated rings. The fraction of sp³-hybridized carbons (Fsp3) is 0.769. The van der Waals surface area contributed by atoms with Crippen LogP contribution in [0.25, 0.3) is 0 Å². The molecule has 0 aromatic heterocycles. The van der Waals surface area contributed by atoms with E-state index in [2.05, 4.69) is 47.1 Å². The Bertz CT molecular complexity index is 590. The predicted molar refractivity (Wildman–Crippen MR) is 121 cm³/mol. The molecule has 0 amide bonds. The van der Waals surface area contributed by atoms with Crippen LogP contribution in [0.4, 0.5) is 0 Å². The van der Waals surface area contributed by atoms with Crippen molar-refractivity contribution < 1.29 is 4.74 Å².